The summed E-state index contributed by atoms with van der Waals surface area (Å²) in [4.78, 5) is 0. The first-order valence-corrected chi connectivity index (χ1v) is 11.0. The Balaban J connectivity index is 0.000000354. The van der Waals surface area contributed by atoms with Crippen LogP contribution in [0.2, 0.25) is 0 Å². The zero-order chi connectivity index (χ0) is 9.40. The number of rotatable bonds is 0. The summed E-state index contributed by atoms with van der Waals surface area (Å²) < 4.78 is 0. The van der Waals surface area contributed by atoms with Crippen molar-refractivity contribution < 1.29 is 0 Å². The summed E-state index contributed by atoms with van der Waals surface area (Å²) in [6, 6.07) is 7.55. The molecule has 0 unspecified atom stereocenters. The third kappa shape index (κ3) is 6.07. The van der Waals surface area contributed by atoms with Gasteiger partial charge in [0, 0.05) is 5.56 Å². The summed E-state index contributed by atoms with van der Waals surface area (Å²) in [7, 11) is 0. The molecule has 0 saturated heterocycles. The van der Waals surface area contributed by atoms with Crippen molar-refractivity contribution in [1.82, 2.24) is 0 Å². The van der Waals surface area contributed by atoms with E-state index in [1.165, 1.54) is 0 Å². The summed E-state index contributed by atoms with van der Waals surface area (Å²) in [5.74, 6) is 2.53. The van der Waals surface area contributed by atoms with E-state index in [1.807, 2.05) is 24.3 Å². The van der Waals surface area contributed by atoms with E-state index in [9.17, 15) is 0 Å². The maximum absolute atomic E-state index is 5.13. The number of benzene rings is 1. The smallest absolute Gasteiger partial charge is 0.280 e. The van der Waals surface area contributed by atoms with Gasteiger partial charge in [-0.25, -0.2) is 0 Å². The zero-order valence-corrected chi connectivity index (χ0v) is 11.1. The molecule has 59 valence electrons. The molecule has 0 heterocycles. The number of hydrogen-bond donors (Lipinski definition) is 0. The van der Waals surface area contributed by atoms with E-state index in [4.69, 9.17) is 6.42 Å². The van der Waals surface area contributed by atoms with Crippen LogP contribution in [0.4, 0.5) is 0 Å². The molecule has 0 N–H and O–H groups in total. The van der Waals surface area contributed by atoms with E-state index >= 15 is 0 Å². The van der Waals surface area contributed by atoms with Crippen molar-refractivity contribution in [2.24, 2.45) is 0 Å². The molecule has 0 aliphatic carbocycles. The van der Waals surface area contributed by atoms with E-state index in [2.05, 4.69) is 38.6 Å². The number of halogens is 2. The molecular weight excluding hydrogens is 292 g/mol. The summed E-state index contributed by atoms with van der Waals surface area (Å²) in [5.41, 5.74) is 1.90. The minimum absolute atomic E-state index is 0.0417. The van der Waals surface area contributed by atoms with Crippen molar-refractivity contribution in [3.63, 3.8) is 0 Å². The average Bonchev–Trinajstić information content (AvgIpc) is 2.07. The maximum Gasteiger partial charge on any atom is 0.560 e. The van der Waals surface area contributed by atoms with Gasteiger partial charge < -0.3 is 0 Å². The van der Waals surface area contributed by atoms with Gasteiger partial charge in [-0.3, -0.25) is 25.8 Å². The van der Waals surface area contributed by atoms with Crippen molar-refractivity contribution in [3.8, 4) is 12.3 Å². The predicted octanol–water partition coefficient (Wildman–Crippen LogP) is 3.16. The Morgan fingerprint density at radius 2 is 1.67 bits per heavy atom. The van der Waals surface area contributed by atoms with Crippen LogP contribution in [-0.2, 0) is 0 Å². The summed E-state index contributed by atoms with van der Waals surface area (Å²) in [5, 5.41) is 0. The highest BCUT2D eigenvalue weighted by Crippen LogP contribution is 1.99. The highest BCUT2D eigenvalue weighted by Gasteiger charge is 1.82. The van der Waals surface area contributed by atoms with Crippen LogP contribution >= 0.6 is 25.8 Å². The van der Waals surface area contributed by atoms with Gasteiger partial charge in [0.25, 0.3) is 0 Å². The molecule has 0 amide bonds. The Kier molecular flexibility index (Phi) is 8.46. The lowest BCUT2D eigenvalue weighted by molar-refractivity contribution is 1.58. The highest BCUT2D eigenvalue weighted by molar-refractivity contribution is 9.47. The van der Waals surface area contributed by atoms with Crippen molar-refractivity contribution in [2.45, 2.75) is 0 Å². The van der Waals surface area contributed by atoms with Gasteiger partial charge in [-0.05, 0) is 24.6 Å². The minimum Gasteiger partial charge on any atom is -0.280 e. The Hall–Kier alpha value is 0.506. The average molecular weight is 299 g/mol. The zero-order valence-electron chi connectivity index (χ0n) is 6.56. The molecule has 0 aliphatic heterocycles. The van der Waals surface area contributed by atoms with Crippen LogP contribution < -0.4 is 0 Å². The molecule has 1 aromatic rings. The molecule has 0 atom stereocenters. The maximum atomic E-state index is 5.13. The summed E-state index contributed by atoms with van der Waals surface area (Å²) in [6.45, 7) is 3.73. The third-order valence-corrected chi connectivity index (χ3v) is 1.12. The van der Waals surface area contributed by atoms with Gasteiger partial charge in [0.1, 0.15) is 0 Å². The van der Waals surface area contributed by atoms with Crippen LogP contribution in [0, 0.1) is 19.3 Å². The second-order valence-corrected chi connectivity index (χ2v) is 10.0. The van der Waals surface area contributed by atoms with E-state index in [0.717, 1.165) is 11.1 Å². The van der Waals surface area contributed by atoms with Crippen LogP contribution in [0.25, 0.3) is 0 Å². The normalized spacial score (nSPS) is 7.17. The lowest BCUT2D eigenvalue weighted by Crippen LogP contribution is -1.72. The SMILES string of the molecule is C#Cc1ccc([CH2])cc1.[Br][Mg][Br]. The molecule has 0 spiro atoms. The molecule has 0 nitrogen and oxygen atoms in total. The van der Waals surface area contributed by atoms with Crippen molar-refractivity contribution >= 4 is 41.8 Å². The van der Waals surface area contributed by atoms with Crippen LogP contribution in [0.15, 0.2) is 24.3 Å². The van der Waals surface area contributed by atoms with E-state index in [-0.39, 0.29) is 16.0 Å². The van der Waals surface area contributed by atoms with Crippen LogP contribution in [0.1, 0.15) is 11.1 Å². The van der Waals surface area contributed by atoms with Gasteiger partial charge in [0.2, 0.25) is 0 Å². The Bertz CT molecular complexity index is 248. The Morgan fingerprint density at radius 3 is 2.00 bits per heavy atom. The summed E-state index contributed by atoms with van der Waals surface area (Å²) in [6.07, 6.45) is 5.13. The fraction of sp³-hybridized carbons (Fsp3) is 0. The molecule has 12 heavy (non-hydrogen) atoms. The quantitative estimate of drug-likeness (QED) is 0.510. The van der Waals surface area contributed by atoms with E-state index < -0.39 is 0 Å². The lowest BCUT2D eigenvalue weighted by Gasteiger charge is -1.89. The van der Waals surface area contributed by atoms with E-state index in [0.29, 0.717) is 0 Å². The van der Waals surface area contributed by atoms with Crippen molar-refractivity contribution in [1.29, 1.82) is 0 Å². The van der Waals surface area contributed by atoms with Gasteiger partial charge in [0.15, 0.2) is 0 Å². The second kappa shape index (κ2) is 8.12. The van der Waals surface area contributed by atoms with Gasteiger partial charge in [-0.15, -0.1) is 6.42 Å². The van der Waals surface area contributed by atoms with Crippen molar-refractivity contribution in [2.75, 3.05) is 0 Å². The second-order valence-electron chi connectivity index (χ2n) is 1.94. The third-order valence-electron chi connectivity index (χ3n) is 1.12. The highest BCUT2D eigenvalue weighted by atomic mass is 79.9. The Labute approximate surface area is 95.6 Å². The lowest BCUT2D eigenvalue weighted by atomic mass is 10.2. The summed E-state index contributed by atoms with van der Waals surface area (Å²) >= 11 is 6.44. The first-order chi connectivity index (χ1) is 5.74. The van der Waals surface area contributed by atoms with E-state index in [1.54, 1.807) is 0 Å². The first-order valence-electron chi connectivity index (χ1n) is 3.25. The standard InChI is InChI=1S/C9H7.2BrH.Mg/c1-3-9-6-4-8(2)5-7-9;;;/h1,4-7H,2H2;2*1H;/q;;;+2/p-2. The molecule has 0 bridgehead atoms. The van der Waals surface area contributed by atoms with Crippen molar-refractivity contribution in [3.05, 3.63) is 42.3 Å². The first kappa shape index (κ1) is 12.5. The Morgan fingerprint density at radius 1 is 1.25 bits per heavy atom. The molecular formula is C9H7Br2Mg. The van der Waals surface area contributed by atoms with Crippen LogP contribution in [-0.4, -0.2) is 16.0 Å². The molecule has 3 heteroatoms. The topological polar surface area (TPSA) is 0 Å². The molecule has 0 fully saturated rings. The number of hydrogen-bond acceptors (Lipinski definition) is 0. The monoisotopic (exact) mass is 297 g/mol. The predicted molar refractivity (Wildman–Crippen MR) is 62.4 cm³/mol. The fourth-order valence-electron chi connectivity index (χ4n) is 0.601. The van der Waals surface area contributed by atoms with Gasteiger partial charge in [0.05, 0.1) is 0 Å². The largest absolute Gasteiger partial charge is 0.560 e. The molecule has 0 saturated carbocycles. The van der Waals surface area contributed by atoms with Crippen LogP contribution in [0.5, 0.6) is 0 Å². The molecule has 0 aliphatic rings. The fourth-order valence-corrected chi connectivity index (χ4v) is 0.601. The molecule has 1 radical (unpaired) electrons. The van der Waals surface area contributed by atoms with Gasteiger partial charge in [-0.2, -0.15) is 0 Å². The number of terminal acetylenes is 1. The molecule has 1 aromatic carbocycles. The molecule has 0 aromatic heterocycles. The minimum atomic E-state index is 0.0417. The van der Waals surface area contributed by atoms with Gasteiger partial charge in [-0.1, -0.05) is 18.1 Å². The van der Waals surface area contributed by atoms with Gasteiger partial charge >= 0.3 is 16.0 Å². The molecule has 1 rings (SSSR count). The van der Waals surface area contributed by atoms with Crippen LogP contribution in [0.3, 0.4) is 0 Å².